The molecule has 174 valence electrons. The van der Waals surface area contributed by atoms with Crippen LogP contribution < -0.4 is 0 Å². The van der Waals surface area contributed by atoms with Crippen molar-refractivity contribution < 1.29 is 19.4 Å². The van der Waals surface area contributed by atoms with Crippen molar-refractivity contribution in [2.45, 2.75) is 103 Å². The van der Waals surface area contributed by atoms with Gasteiger partial charge in [-0.3, -0.25) is 4.79 Å². The molecule has 12 atom stereocenters. The first-order chi connectivity index (χ1) is 14.7. The normalized spacial score (nSPS) is 60.9. The second-order valence-corrected chi connectivity index (χ2v) is 13.0. The number of hydrogen-bond donors (Lipinski definition) is 1. The van der Waals surface area contributed by atoms with Crippen LogP contribution in [0.4, 0.5) is 0 Å². The fraction of sp³-hybridized carbons (Fsp3) is 0.963. The Kier molecular flexibility index (Phi) is 4.62. The van der Waals surface area contributed by atoms with Crippen LogP contribution in [0.1, 0.15) is 85.5 Å². The summed E-state index contributed by atoms with van der Waals surface area (Å²) in [4.78, 5) is 14.0. The van der Waals surface area contributed by atoms with Crippen molar-refractivity contribution in [1.29, 1.82) is 0 Å². The van der Waals surface area contributed by atoms with E-state index < -0.39 is 5.79 Å². The zero-order chi connectivity index (χ0) is 21.8. The van der Waals surface area contributed by atoms with Crippen LogP contribution in [0.15, 0.2) is 0 Å². The molecule has 0 aromatic rings. The Morgan fingerprint density at radius 1 is 1.00 bits per heavy atom. The lowest BCUT2D eigenvalue weighted by Crippen LogP contribution is -2.58. The Balaban J connectivity index is 1.30. The second kappa shape index (κ2) is 6.79. The molecule has 31 heavy (non-hydrogen) atoms. The minimum Gasteiger partial charge on any atom is -0.393 e. The summed E-state index contributed by atoms with van der Waals surface area (Å²) in [7, 11) is 0. The Morgan fingerprint density at radius 3 is 2.55 bits per heavy atom. The Bertz CT molecular complexity index is 756. The molecular weight excluding hydrogens is 388 g/mol. The summed E-state index contributed by atoms with van der Waals surface area (Å²) in [6.07, 6.45) is 9.39. The number of ether oxygens (including phenoxy) is 2. The zero-order valence-corrected chi connectivity index (χ0v) is 19.9. The smallest absolute Gasteiger partial charge is 0.171 e. The molecule has 6 fully saturated rings. The molecule has 4 nitrogen and oxygen atoms in total. The van der Waals surface area contributed by atoms with E-state index in [2.05, 4.69) is 27.7 Å². The van der Waals surface area contributed by atoms with Gasteiger partial charge in [0, 0.05) is 30.1 Å². The summed E-state index contributed by atoms with van der Waals surface area (Å²) < 4.78 is 13.2. The van der Waals surface area contributed by atoms with E-state index in [-0.39, 0.29) is 29.0 Å². The molecule has 6 aliphatic rings. The first-order valence-corrected chi connectivity index (χ1v) is 13.2. The van der Waals surface area contributed by atoms with Gasteiger partial charge in [-0.15, -0.1) is 0 Å². The predicted octanol–water partition coefficient (Wildman–Crippen LogP) is 4.97. The van der Waals surface area contributed by atoms with Gasteiger partial charge in [0.1, 0.15) is 5.78 Å². The summed E-state index contributed by atoms with van der Waals surface area (Å²) in [6, 6.07) is 0. The van der Waals surface area contributed by atoms with E-state index in [4.69, 9.17) is 9.47 Å². The lowest BCUT2D eigenvalue weighted by atomic mass is 9.44. The van der Waals surface area contributed by atoms with Crippen LogP contribution in [-0.4, -0.2) is 35.5 Å². The molecule has 1 N–H and O–H groups in total. The number of fused-ring (bicyclic) bond motifs is 7. The predicted molar refractivity (Wildman–Crippen MR) is 118 cm³/mol. The monoisotopic (exact) mass is 430 g/mol. The van der Waals surface area contributed by atoms with Crippen molar-refractivity contribution in [3.05, 3.63) is 0 Å². The standard InChI is InChI=1S/C27H42O4/c1-15-7-10-27(30-14-15)16(2)24-22(31-27)12-21-19-6-5-17-11-18(28)8-9-25(17,3)20(19)13-23(29)26(21,24)4/h15-22,24,28H,5-14H2,1-4H3/t15?,16?,17-,18?,19+,20+,21-,22+,24-,25+,26+,27-/m1/s1. The van der Waals surface area contributed by atoms with Gasteiger partial charge < -0.3 is 14.6 Å². The molecule has 0 aromatic heterocycles. The highest BCUT2D eigenvalue weighted by atomic mass is 16.7. The summed E-state index contributed by atoms with van der Waals surface area (Å²) in [5, 5.41) is 10.3. The average molecular weight is 431 g/mol. The van der Waals surface area contributed by atoms with Gasteiger partial charge in [-0.05, 0) is 80.0 Å². The number of aliphatic hydroxyl groups excluding tert-OH is 1. The van der Waals surface area contributed by atoms with Crippen LogP contribution in [-0.2, 0) is 14.3 Å². The van der Waals surface area contributed by atoms with Crippen LogP contribution in [0.3, 0.4) is 0 Å². The molecule has 3 unspecified atom stereocenters. The number of carbonyl (C=O) groups excluding carboxylic acids is 1. The van der Waals surface area contributed by atoms with Gasteiger partial charge in [-0.2, -0.15) is 0 Å². The van der Waals surface area contributed by atoms with Crippen LogP contribution in [0, 0.1) is 52.3 Å². The fourth-order valence-corrected chi connectivity index (χ4v) is 9.93. The molecular formula is C27H42O4. The van der Waals surface area contributed by atoms with Crippen molar-refractivity contribution in [3.63, 3.8) is 0 Å². The minimum absolute atomic E-state index is 0.131. The van der Waals surface area contributed by atoms with Gasteiger partial charge in [0.2, 0.25) is 0 Å². The van der Waals surface area contributed by atoms with Crippen LogP contribution >= 0.6 is 0 Å². The van der Waals surface area contributed by atoms with E-state index in [1.807, 2.05) is 0 Å². The number of hydrogen-bond acceptors (Lipinski definition) is 4. The molecule has 4 saturated carbocycles. The maximum absolute atomic E-state index is 14.0. The highest BCUT2D eigenvalue weighted by Crippen LogP contribution is 2.70. The summed E-state index contributed by atoms with van der Waals surface area (Å²) >= 11 is 0. The zero-order valence-electron chi connectivity index (χ0n) is 19.9. The molecule has 0 bridgehead atoms. The summed E-state index contributed by atoms with van der Waals surface area (Å²) in [5.41, 5.74) is -0.0221. The van der Waals surface area contributed by atoms with E-state index in [9.17, 15) is 9.90 Å². The number of aliphatic hydroxyl groups is 1. The van der Waals surface area contributed by atoms with Gasteiger partial charge in [0.25, 0.3) is 0 Å². The van der Waals surface area contributed by atoms with Crippen molar-refractivity contribution in [2.75, 3.05) is 6.61 Å². The topological polar surface area (TPSA) is 55.8 Å². The molecule has 0 amide bonds. The minimum atomic E-state index is -0.448. The third-order valence-corrected chi connectivity index (χ3v) is 11.8. The fourth-order valence-electron chi connectivity index (χ4n) is 9.93. The number of ketones is 1. The van der Waals surface area contributed by atoms with Crippen molar-refractivity contribution in [3.8, 4) is 0 Å². The lowest BCUT2D eigenvalue weighted by Gasteiger charge is -2.60. The summed E-state index contributed by atoms with van der Waals surface area (Å²) in [5.74, 6) is 3.45. The first-order valence-electron chi connectivity index (χ1n) is 13.2. The molecule has 2 aliphatic heterocycles. The van der Waals surface area contributed by atoms with Gasteiger partial charge in [0.15, 0.2) is 5.79 Å². The SMILES string of the molecule is CC1CC[C@@]2(OC1)O[C@H]1C[C@@H]3[C@H]4CC[C@@H]5CC(O)CC[C@]5(C)[C@H]4CC(=O)[C@@]3(C)[C@@H]1C2C. The number of rotatable bonds is 0. The molecule has 6 rings (SSSR count). The number of carbonyl (C=O) groups is 1. The quantitative estimate of drug-likeness (QED) is 0.589. The van der Waals surface area contributed by atoms with Crippen LogP contribution in [0.25, 0.3) is 0 Å². The van der Waals surface area contributed by atoms with Crippen molar-refractivity contribution in [1.82, 2.24) is 0 Å². The highest BCUT2D eigenvalue weighted by molar-refractivity contribution is 5.87. The summed E-state index contributed by atoms with van der Waals surface area (Å²) in [6.45, 7) is 10.1. The molecule has 1 spiro atoms. The van der Waals surface area contributed by atoms with Crippen molar-refractivity contribution in [2.24, 2.45) is 52.3 Å². The van der Waals surface area contributed by atoms with Gasteiger partial charge >= 0.3 is 0 Å². The first kappa shape index (κ1) is 21.1. The van der Waals surface area contributed by atoms with E-state index in [0.717, 1.165) is 51.6 Å². The van der Waals surface area contributed by atoms with E-state index in [1.165, 1.54) is 12.8 Å². The average Bonchev–Trinajstić information content (AvgIpc) is 3.18. The van der Waals surface area contributed by atoms with Gasteiger partial charge in [0.05, 0.1) is 18.8 Å². The van der Waals surface area contributed by atoms with Crippen LogP contribution in [0.2, 0.25) is 0 Å². The molecule has 0 aromatic carbocycles. The second-order valence-electron chi connectivity index (χ2n) is 13.0. The molecule has 4 heteroatoms. The van der Waals surface area contributed by atoms with Gasteiger partial charge in [-0.1, -0.05) is 27.7 Å². The highest BCUT2D eigenvalue weighted by Gasteiger charge is 2.71. The van der Waals surface area contributed by atoms with Crippen molar-refractivity contribution >= 4 is 5.78 Å². The van der Waals surface area contributed by atoms with Gasteiger partial charge in [-0.25, -0.2) is 0 Å². The van der Waals surface area contributed by atoms with E-state index >= 15 is 0 Å². The third-order valence-electron chi connectivity index (χ3n) is 11.8. The maximum Gasteiger partial charge on any atom is 0.171 e. The van der Waals surface area contributed by atoms with E-state index in [0.29, 0.717) is 41.3 Å². The Hall–Kier alpha value is -0.450. The largest absolute Gasteiger partial charge is 0.393 e. The maximum atomic E-state index is 14.0. The Labute approximate surface area is 187 Å². The number of Topliss-reactive ketones (excluding diaryl/α,β-unsaturated/α-hetero) is 1. The third kappa shape index (κ3) is 2.68. The molecule has 4 aliphatic carbocycles. The lowest BCUT2D eigenvalue weighted by molar-refractivity contribution is -0.272. The van der Waals surface area contributed by atoms with E-state index in [1.54, 1.807) is 0 Å². The molecule has 2 saturated heterocycles. The molecule has 2 heterocycles. The molecule has 0 radical (unpaired) electrons. The van der Waals surface area contributed by atoms with Crippen LogP contribution in [0.5, 0.6) is 0 Å². The Morgan fingerprint density at radius 2 is 1.81 bits per heavy atom.